The Morgan fingerprint density at radius 2 is 2.21 bits per heavy atom. The van der Waals surface area contributed by atoms with Crippen LogP contribution in [-0.4, -0.2) is 15.1 Å². The number of nitriles is 1. The van der Waals surface area contributed by atoms with Gasteiger partial charge in [-0.2, -0.15) is 5.26 Å². The summed E-state index contributed by atoms with van der Waals surface area (Å²) < 4.78 is 5.03. The Balaban J connectivity index is 1.95. The molecule has 0 amide bonds. The van der Waals surface area contributed by atoms with Crippen LogP contribution >= 0.6 is 0 Å². The summed E-state index contributed by atoms with van der Waals surface area (Å²) in [5.41, 5.74) is 2.52. The SMILES string of the molecule is N#CCc1nc(Cc2c[nH]c3ccccc23)c(O)o1. The number of aromatic hydroxyl groups is 1. The third-order valence-electron chi connectivity index (χ3n) is 2.98. The number of benzene rings is 1. The molecule has 2 aromatic heterocycles. The molecular formula is C14H11N3O2. The minimum absolute atomic E-state index is 0.0570. The van der Waals surface area contributed by atoms with Crippen molar-refractivity contribution in [1.29, 1.82) is 5.26 Å². The lowest BCUT2D eigenvalue weighted by atomic mass is 10.1. The molecule has 1 aromatic carbocycles. The van der Waals surface area contributed by atoms with Gasteiger partial charge in [-0.3, -0.25) is 0 Å². The van der Waals surface area contributed by atoms with Gasteiger partial charge in [0, 0.05) is 23.5 Å². The molecule has 0 unspecified atom stereocenters. The zero-order valence-corrected chi connectivity index (χ0v) is 10.1. The van der Waals surface area contributed by atoms with E-state index in [1.165, 1.54) is 0 Å². The van der Waals surface area contributed by atoms with Gasteiger partial charge in [-0.05, 0) is 11.6 Å². The first-order chi connectivity index (χ1) is 9.28. The van der Waals surface area contributed by atoms with Gasteiger partial charge in [0.15, 0.2) is 0 Å². The largest absolute Gasteiger partial charge is 0.479 e. The molecule has 0 bridgehead atoms. The predicted octanol–water partition coefficient (Wildman–Crippen LogP) is 2.52. The van der Waals surface area contributed by atoms with Crippen molar-refractivity contribution in [3.63, 3.8) is 0 Å². The van der Waals surface area contributed by atoms with Gasteiger partial charge in [0.2, 0.25) is 5.89 Å². The molecule has 0 saturated heterocycles. The number of fused-ring (bicyclic) bond motifs is 1. The van der Waals surface area contributed by atoms with E-state index in [2.05, 4.69) is 9.97 Å². The monoisotopic (exact) mass is 253 g/mol. The summed E-state index contributed by atoms with van der Waals surface area (Å²) in [7, 11) is 0. The van der Waals surface area contributed by atoms with Crippen LogP contribution in [0.25, 0.3) is 10.9 Å². The average Bonchev–Trinajstić information content (AvgIpc) is 2.96. The number of hydrogen-bond acceptors (Lipinski definition) is 4. The van der Waals surface area contributed by atoms with Crippen molar-refractivity contribution in [2.24, 2.45) is 0 Å². The second kappa shape index (κ2) is 4.50. The molecule has 3 rings (SSSR count). The highest BCUT2D eigenvalue weighted by Crippen LogP contribution is 2.25. The molecule has 0 aliphatic rings. The summed E-state index contributed by atoms with van der Waals surface area (Å²) >= 11 is 0. The summed E-state index contributed by atoms with van der Waals surface area (Å²) in [6, 6.07) is 9.86. The third kappa shape index (κ3) is 2.04. The van der Waals surface area contributed by atoms with Gasteiger partial charge >= 0.3 is 5.95 Å². The van der Waals surface area contributed by atoms with E-state index < -0.39 is 0 Å². The Morgan fingerprint density at radius 1 is 1.37 bits per heavy atom. The normalized spacial score (nSPS) is 10.7. The smallest absolute Gasteiger partial charge is 0.306 e. The Morgan fingerprint density at radius 3 is 3.05 bits per heavy atom. The molecule has 2 N–H and O–H groups in total. The first kappa shape index (κ1) is 11.4. The van der Waals surface area contributed by atoms with Crippen LogP contribution in [0, 0.1) is 11.3 Å². The number of para-hydroxylation sites is 1. The summed E-state index contributed by atoms with van der Waals surface area (Å²) in [5, 5.41) is 19.4. The van der Waals surface area contributed by atoms with Crippen LogP contribution in [0.5, 0.6) is 5.95 Å². The van der Waals surface area contributed by atoms with Gasteiger partial charge in [0.25, 0.3) is 0 Å². The fourth-order valence-corrected chi connectivity index (χ4v) is 2.11. The number of H-pyrrole nitrogens is 1. The van der Waals surface area contributed by atoms with E-state index in [4.69, 9.17) is 9.68 Å². The lowest BCUT2D eigenvalue weighted by Gasteiger charge is -1.95. The topological polar surface area (TPSA) is 85.8 Å². The molecule has 19 heavy (non-hydrogen) atoms. The Hall–Kier alpha value is -2.74. The number of nitrogens with zero attached hydrogens (tertiary/aromatic N) is 2. The molecule has 0 aliphatic carbocycles. The minimum Gasteiger partial charge on any atom is -0.479 e. The van der Waals surface area contributed by atoms with Crippen molar-refractivity contribution in [2.75, 3.05) is 0 Å². The first-order valence-corrected chi connectivity index (χ1v) is 5.87. The number of rotatable bonds is 3. The van der Waals surface area contributed by atoms with E-state index in [-0.39, 0.29) is 18.3 Å². The van der Waals surface area contributed by atoms with Crippen molar-refractivity contribution >= 4 is 10.9 Å². The lowest BCUT2D eigenvalue weighted by Crippen LogP contribution is -1.89. The zero-order valence-electron chi connectivity index (χ0n) is 10.1. The van der Waals surface area contributed by atoms with Crippen molar-refractivity contribution in [3.8, 4) is 12.0 Å². The molecule has 2 heterocycles. The third-order valence-corrected chi connectivity index (χ3v) is 2.98. The van der Waals surface area contributed by atoms with Crippen LogP contribution in [0.15, 0.2) is 34.9 Å². The van der Waals surface area contributed by atoms with Gasteiger partial charge in [-0.15, -0.1) is 0 Å². The summed E-state index contributed by atoms with van der Waals surface area (Å²) in [6.07, 6.45) is 2.41. The van der Waals surface area contributed by atoms with E-state index >= 15 is 0 Å². The van der Waals surface area contributed by atoms with Crippen LogP contribution in [0.2, 0.25) is 0 Å². The molecule has 0 saturated carbocycles. The molecule has 0 radical (unpaired) electrons. The van der Waals surface area contributed by atoms with E-state index in [9.17, 15) is 5.11 Å². The molecule has 5 nitrogen and oxygen atoms in total. The Bertz CT molecular complexity index is 764. The van der Waals surface area contributed by atoms with Crippen LogP contribution < -0.4 is 0 Å². The van der Waals surface area contributed by atoms with E-state index in [0.717, 1.165) is 16.5 Å². The second-order valence-corrected chi connectivity index (χ2v) is 4.23. The van der Waals surface area contributed by atoms with Crippen molar-refractivity contribution in [2.45, 2.75) is 12.8 Å². The number of aromatic nitrogens is 2. The predicted molar refractivity (Wildman–Crippen MR) is 68.6 cm³/mol. The highest BCUT2D eigenvalue weighted by Gasteiger charge is 2.14. The molecule has 0 aliphatic heterocycles. The van der Waals surface area contributed by atoms with E-state index in [0.29, 0.717) is 12.1 Å². The van der Waals surface area contributed by atoms with Gasteiger partial charge in [-0.25, -0.2) is 4.98 Å². The van der Waals surface area contributed by atoms with E-state index in [1.54, 1.807) is 0 Å². The minimum atomic E-state index is -0.212. The fourth-order valence-electron chi connectivity index (χ4n) is 2.11. The zero-order chi connectivity index (χ0) is 13.2. The maximum absolute atomic E-state index is 9.68. The highest BCUT2D eigenvalue weighted by molar-refractivity contribution is 5.83. The number of nitrogens with one attached hydrogen (secondary N) is 1. The summed E-state index contributed by atoms with van der Waals surface area (Å²) in [5.74, 6) is 0.0328. The van der Waals surface area contributed by atoms with Crippen LogP contribution in [0.4, 0.5) is 0 Å². The molecule has 3 aromatic rings. The average molecular weight is 253 g/mol. The van der Waals surface area contributed by atoms with Crippen molar-refractivity contribution in [1.82, 2.24) is 9.97 Å². The fraction of sp³-hybridized carbons (Fsp3) is 0.143. The molecule has 0 spiro atoms. The highest BCUT2D eigenvalue weighted by atomic mass is 16.5. The number of hydrogen-bond donors (Lipinski definition) is 2. The standard InChI is InChI=1S/C14H11N3O2/c15-6-5-13-17-12(14(18)19-13)7-9-8-16-11-4-2-1-3-10(9)11/h1-4,8,16,18H,5,7H2. The van der Waals surface area contributed by atoms with Gasteiger partial charge in [0.05, 0.1) is 6.07 Å². The van der Waals surface area contributed by atoms with Crippen molar-refractivity contribution in [3.05, 3.63) is 47.6 Å². The van der Waals surface area contributed by atoms with Gasteiger partial charge in [-0.1, -0.05) is 18.2 Å². The van der Waals surface area contributed by atoms with Gasteiger partial charge in [0.1, 0.15) is 12.1 Å². The van der Waals surface area contributed by atoms with Crippen molar-refractivity contribution < 1.29 is 9.52 Å². The quantitative estimate of drug-likeness (QED) is 0.751. The first-order valence-electron chi connectivity index (χ1n) is 5.87. The van der Waals surface area contributed by atoms with E-state index in [1.807, 2.05) is 36.5 Å². The van der Waals surface area contributed by atoms with Crippen LogP contribution in [0.3, 0.4) is 0 Å². The Kier molecular flexibility index (Phi) is 2.69. The van der Waals surface area contributed by atoms with Crippen LogP contribution in [-0.2, 0) is 12.8 Å². The maximum Gasteiger partial charge on any atom is 0.306 e. The lowest BCUT2D eigenvalue weighted by molar-refractivity contribution is 0.317. The molecule has 5 heteroatoms. The number of oxazole rings is 1. The molecular weight excluding hydrogens is 242 g/mol. The van der Waals surface area contributed by atoms with Gasteiger partial charge < -0.3 is 14.5 Å². The molecule has 0 atom stereocenters. The summed E-state index contributed by atoms with van der Waals surface area (Å²) in [4.78, 5) is 7.30. The summed E-state index contributed by atoms with van der Waals surface area (Å²) in [6.45, 7) is 0. The number of aromatic amines is 1. The molecule has 94 valence electrons. The second-order valence-electron chi connectivity index (χ2n) is 4.23. The molecule has 0 fully saturated rings. The van der Waals surface area contributed by atoms with Crippen LogP contribution in [0.1, 0.15) is 17.1 Å². The maximum atomic E-state index is 9.68. The Labute approximate surface area is 109 Å².